The zero-order valence-electron chi connectivity index (χ0n) is 11.8. The van der Waals surface area contributed by atoms with Crippen LogP contribution >= 0.6 is 0 Å². The van der Waals surface area contributed by atoms with E-state index in [2.05, 4.69) is 5.32 Å². The van der Waals surface area contributed by atoms with Gasteiger partial charge in [-0.2, -0.15) is 0 Å². The Labute approximate surface area is 119 Å². The van der Waals surface area contributed by atoms with Crippen LogP contribution < -0.4 is 5.32 Å². The number of furan rings is 1. The summed E-state index contributed by atoms with van der Waals surface area (Å²) in [5.41, 5.74) is 0. The fourth-order valence-corrected chi connectivity index (χ4v) is 3.15. The molecule has 2 heterocycles. The molecule has 1 aliphatic heterocycles. The molecule has 20 heavy (non-hydrogen) atoms. The second-order valence-corrected chi connectivity index (χ2v) is 7.01. The second-order valence-electron chi connectivity index (χ2n) is 5.03. The monoisotopic (exact) mass is 300 g/mol. The Kier molecular flexibility index (Phi) is 4.49. The van der Waals surface area contributed by atoms with Crippen LogP contribution in [0.5, 0.6) is 0 Å². The van der Waals surface area contributed by atoms with Crippen molar-refractivity contribution in [1.29, 1.82) is 0 Å². The van der Waals surface area contributed by atoms with Crippen molar-refractivity contribution in [3.05, 3.63) is 23.7 Å². The largest absolute Gasteiger partial charge is 0.456 e. The summed E-state index contributed by atoms with van der Waals surface area (Å²) >= 11 is 0. The zero-order chi connectivity index (χ0) is 14.8. The average Bonchev–Trinajstić information content (AvgIpc) is 2.87. The lowest BCUT2D eigenvalue weighted by atomic mass is 10.1. The maximum atomic E-state index is 12.0. The summed E-state index contributed by atoms with van der Waals surface area (Å²) in [5, 5.41) is 2.89. The van der Waals surface area contributed by atoms with Gasteiger partial charge < -0.3 is 9.73 Å². The van der Waals surface area contributed by atoms with Gasteiger partial charge in [0.15, 0.2) is 5.76 Å². The molecule has 7 heteroatoms. The van der Waals surface area contributed by atoms with E-state index in [0.29, 0.717) is 31.7 Å². The maximum absolute atomic E-state index is 12.0. The molecule has 6 nitrogen and oxygen atoms in total. The quantitative estimate of drug-likeness (QED) is 0.899. The minimum absolute atomic E-state index is 0.00400. The number of sulfonamides is 1. The molecule has 1 saturated heterocycles. The molecule has 0 spiro atoms. The molecular formula is C13H20N2O4S. The number of hydrogen-bond donors (Lipinski definition) is 1. The van der Waals surface area contributed by atoms with Crippen LogP contribution in [-0.4, -0.2) is 44.0 Å². The smallest absolute Gasteiger partial charge is 0.287 e. The molecule has 0 bridgehead atoms. The number of aryl methyl sites for hydroxylation is 1. The first-order valence-corrected chi connectivity index (χ1v) is 8.59. The summed E-state index contributed by atoms with van der Waals surface area (Å²) < 4.78 is 29.6. The number of hydrogen-bond acceptors (Lipinski definition) is 4. The van der Waals surface area contributed by atoms with E-state index in [1.807, 2.05) is 6.92 Å². The normalized spacial score (nSPS) is 18.1. The first kappa shape index (κ1) is 15.1. The van der Waals surface area contributed by atoms with E-state index in [0.717, 1.165) is 12.2 Å². The van der Waals surface area contributed by atoms with Crippen LogP contribution in [0, 0.1) is 0 Å². The van der Waals surface area contributed by atoms with E-state index >= 15 is 0 Å². The van der Waals surface area contributed by atoms with Gasteiger partial charge in [0.25, 0.3) is 5.91 Å². The number of carbonyl (C=O) groups excluding carboxylic acids is 1. The molecule has 0 aliphatic carbocycles. The minimum atomic E-state index is -3.13. The summed E-state index contributed by atoms with van der Waals surface area (Å²) in [6, 6.07) is 3.46. The van der Waals surface area contributed by atoms with E-state index in [1.54, 1.807) is 12.1 Å². The predicted octanol–water partition coefficient (Wildman–Crippen LogP) is 0.996. The van der Waals surface area contributed by atoms with Crippen molar-refractivity contribution in [2.24, 2.45) is 0 Å². The third kappa shape index (κ3) is 3.61. The van der Waals surface area contributed by atoms with Gasteiger partial charge in [0.1, 0.15) is 5.76 Å². The standard InChI is InChI=1S/C13H20N2O4S/c1-3-11-4-5-12(19-11)13(16)14-10-6-8-15(9-7-10)20(2,17)18/h4-5,10H,3,6-9H2,1-2H3,(H,14,16). The molecule has 0 unspecified atom stereocenters. The molecule has 1 N–H and O–H groups in total. The Morgan fingerprint density at radius 3 is 2.55 bits per heavy atom. The SMILES string of the molecule is CCc1ccc(C(=O)NC2CCN(S(C)(=O)=O)CC2)o1. The number of amides is 1. The van der Waals surface area contributed by atoms with Gasteiger partial charge in [0.05, 0.1) is 6.26 Å². The highest BCUT2D eigenvalue weighted by Crippen LogP contribution is 2.14. The molecule has 0 saturated carbocycles. The van der Waals surface area contributed by atoms with Gasteiger partial charge >= 0.3 is 0 Å². The van der Waals surface area contributed by atoms with Crippen molar-refractivity contribution in [3.8, 4) is 0 Å². The maximum Gasteiger partial charge on any atom is 0.287 e. The topological polar surface area (TPSA) is 79.6 Å². The molecule has 1 fully saturated rings. The van der Waals surface area contributed by atoms with Crippen LogP contribution in [0.25, 0.3) is 0 Å². The van der Waals surface area contributed by atoms with Crippen LogP contribution in [-0.2, 0) is 16.4 Å². The molecule has 1 aliphatic rings. The third-order valence-corrected chi connectivity index (χ3v) is 4.80. The Bertz CT molecular complexity index is 571. The van der Waals surface area contributed by atoms with Crippen LogP contribution in [0.1, 0.15) is 36.1 Å². The summed E-state index contributed by atoms with van der Waals surface area (Å²) in [6.07, 6.45) is 3.21. The van der Waals surface area contributed by atoms with Crippen molar-refractivity contribution >= 4 is 15.9 Å². The van der Waals surface area contributed by atoms with Crippen molar-refractivity contribution in [1.82, 2.24) is 9.62 Å². The lowest BCUT2D eigenvalue weighted by Crippen LogP contribution is -2.46. The van der Waals surface area contributed by atoms with E-state index in [9.17, 15) is 13.2 Å². The van der Waals surface area contributed by atoms with Gasteiger partial charge in [-0.05, 0) is 25.0 Å². The van der Waals surface area contributed by atoms with Gasteiger partial charge in [-0.15, -0.1) is 0 Å². The van der Waals surface area contributed by atoms with Gasteiger partial charge in [0.2, 0.25) is 10.0 Å². The van der Waals surface area contributed by atoms with Crippen LogP contribution in [0.4, 0.5) is 0 Å². The van der Waals surface area contributed by atoms with Gasteiger partial charge in [0, 0.05) is 25.6 Å². The van der Waals surface area contributed by atoms with Gasteiger partial charge in [-0.3, -0.25) is 4.79 Å². The lowest BCUT2D eigenvalue weighted by Gasteiger charge is -2.30. The Morgan fingerprint density at radius 1 is 1.40 bits per heavy atom. The van der Waals surface area contributed by atoms with E-state index < -0.39 is 10.0 Å². The molecule has 0 atom stereocenters. The molecule has 1 amide bonds. The lowest BCUT2D eigenvalue weighted by molar-refractivity contribution is 0.0894. The number of nitrogens with one attached hydrogen (secondary N) is 1. The Hall–Kier alpha value is -1.34. The van der Waals surface area contributed by atoms with Crippen molar-refractivity contribution in [3.63, 3.8) is 0 Å². The summed E-state index contributed by atoms with van der Waals surface area (Å²) in [4.78, 5) is 12.0. The Morgan fingerprint density at radius 2 is 2.05 bits per heavy atom. The van der Waals surface area contributed by atoms with Crippen molar-refractivity contribution in [2.75, 3.05) is 19.3 Å². The first-order chi connectivity index (χ1) is 9.40. The number of carbonyl (C=O) groups is 1. The van der Waals surface area contributed by atoms with Gasteiger partial charge in [-0.25, -0.2) is 12.7 Å². The van der Waals surface area contributed by atoms with Crippen molar-refractivity contribution in [2.45, 2.75) is 32.2 Å². The molecule has 1 aromatic heterocycles. The number of piperidine rings is 1. The molecule has 0 radical (unpaired) electrons. The molecule has 1 aromatic rings. The Balaban J connectivity index is 1.88. The minimum Gasteiger partial charge on any atom is -0.456 e. The third-order valence-electron chi connectivity index (χ3n) is 3.49. The van der Waals surface area contributed by atoms with Crippen LogP contribution in [0.3, 0.4) is 0 Å². The number of rotatable bonds is 4. The first-order valence-electron chi connectivity index (χ1n) is 6.75. The highest BCUT2D eigenvalue weighted by Gasteiger charge is 2.26. The fourth-order valence-electron chi connectivity index (χ4n) is 2.28. The van der Waals surface area contributed by atoms with Gasteiger partial charge in [-0.1, -0.05) is 6.92 Å². The van der Waals surface area contributed by atoms with E-state index in [4.69, 9.17) is 4.42 Å². The average molecular weight is 300 g/mol. The summed E-state index contributed by atoms with van der Waals surface area (Å²) in [5.74, 6) is 0.858. The fraction of sp³-hybridized carbons (Fsp3) is 0.615. The molecule has 2 rings (SSSR count). The second kappa shape index (κ2) is 5.97. The van der Waals surface area contributed by atoms with Crippen molar-refractivity contribution < 1.29 is 17.6 Å². The number of nitrogens with zero attached hydrogens (tertiary/aromatic N) is 1. The molecule has 112 valence electrons. The van der Waals surface area contributed by atoms with Crippen LogP contribution in [0.2, 0.25) is 0 Å². The van der Waals surface area contributed by atoms with Crippen LogP contribution in [0.15, 0.2) is 16.5 Å². The molecular weight excluding hydrogens is 280 g/mol. The highest BCUT2D eigenvalue weighted by atomic mass is 32.2. The zero-order valence-corrected chi connectivity index (χ0v) is 12.6. The highest BCUT2D eigenvalue weighted by molar-refractivity contribution is 7.88. The summed E-state index contributed by atoms with van der Waals surface area (Å²) in [7, 11) is -3.13. The predicted molar refractivity (Wildman–Crippen MR) is 75.0 cm³/mol. The molecule has 0 aromatic carbocycles. The summed E-state index contributed by atoms with van der Waals surface area (Å²) in [6.45, 7) is 2.85. The van der Waals surface area contributed by atoms with E-state index in [1.165, 1.54) is 10.6 Å². The van der Waals surface area contributed by atoms with E-state index in [-0.39, 0.29) is 11.9 Å².